The summed E-state index contributed by atoms with van der Waals surface area (Å²) >= 11 is 0. The van der Waals surface area contributed by atoms with Crippen LogP contribution in [0.25, 0.3) is 0 Å². The molecule has 0 bridgehead atoms. The monoisotopic (exact) mass is 192 g/mol. The molecule has 0 fully saturated rings. The molecule has 0 atom stereocenters. The van der Waals surface area contributed by atoms with Crippen molar-refractivity contribution in [2.24, 2.45) is 0 Å². The lowest BCUT2D eigenvalue weighted by Gasteiger charge is -2.26. The highest BCUT2D eigenvalue weighted by Gasteiger charge is 2.25. The third-order valence-corrected chi connectivity index (χ3v) is 2.58. The Balaban J connectivity index is 2.64. The SMILES string of the molecule is CN1CCc2c(O)ccc(N)c2C1=O. The Morgan fingerprint density at radius 1 is 1.50 bits per heavy atom. The highest BCUT2D eigenvalue weighted by Crippen LogP contribution is 2.30. The first-order valence-electron chi connectivity index (χ1n) is 4.47. The zero-order chi connectivity index (χ0) is 10.3. The summed E-state index contributed by atoms with van der Waals surface area (Å²) in [6.07, 6.45) is 0.661. The molecule has 0 saturated carbocycles. The average Bonchev–Trinajstić information content (AvgIpc) is 2.16. The minimum Gasteiger partial charge on any atom is -0.508 e. The van der Waals surface area contributed by atoms with Gasteiger partial charge in [0.1, 0.15) is 5.75 Å². The molecular weight excluding hydrogens is 180 g/mol. The van der Waals surface area contributed by atoms with Crippen LogP contribution in [0.5, 0.6) is 5.75 Å². The molecule has 0 saturated heterocycles. The van der Waals surface area contributed by atoms with Crippen LogP contribution < -0.4 is 5.73 Å². The van der Waals surface area contributed by atoms with Crippen LogP contribution in [0.3, 0.4) is 0 Å². The van der Waals surface area contributed by atoms with Gasteiger partial charge in [0.2, 0.25) is 0 Å². The summed E-state index contributed by atoms with van der Waals surface area (Å²) in [5.41, 5.74) is 7.27. The van der Waals surface area contributed by atoms with E-state index in [-0.39, 0.29) is 11.7 Å². The maximum Gasteiger partial charge on any atom is 0.256 e. The lowest BCUT2D eigenvalue weighted by Crippen LogP contribution is -2.34. The van der Waals surface area contributed by atoms with Gasteiger partial charge in [0.05, 0.1) is 5.56 Å². The van der Waals surface area contributed by atoms with Crippen molar-refractivity contribution in [1.82, 2.24) is 4.90 Å². The molecule has 1 aliphatic heterocycles. The van der Waals surface area contributed by atoms with E-state index < -0.39 is 0 Å². The normalized spacial score (nSPS) is 15.5. The number of fused-ring (bicyclic) bond motifs is 1. The summed E-state index contributed by atoms with van der Waals surface area (Å²) in [6.45, 7) is 0.628. The number of hydrogen-bond acceptors (Lipinski definition) is 3. The number of hydrogen-bond donors (Lipinski definition) is 2. The molecule has 0 aliphatic carbocycles. The molecular formula is C10H12N2O2. The van der Waals surface area contributed by atoms with Crippen LogP contribution >= 0.6 is 0 Å². The van der Waals surface area contributed by atoms with Crippen molar-refractivity contribution in [2.75, 3.05) is 19.3 Å². The fraction of sp³-hybridized carbons (Fsp3) is 0.300. The second-order valence-corrected chi connectivity index (χ2v) is 3.50. The number of phenolic OH excluding ortho intramolecular Hbond substituents is 1. The highest BCUT2D eigenvalue weighted by molar-refractivity contribution is 6.02. The Morgan fingerprint density at radius 2 is 2.21 bits per heavy atom. The fourth-order valence-electron chi connectivity index (χ4n) is 1.73. The Bertz CT molecular complexity index is 401. The second-order valence-electron chi connectivity index (χ2n) is 3.50. The zero-order valence-electron chi connectivity index (χ0n) is 7.95. The predicted octanol–water partition coefficient (Wildman–Crippen LogP) is 0.603. The Kier molecular flexibility index (Phi) is 1.84. The molecule has 74 valence electrons. The molecule has 1 heterocycles. The number of anilines is 1. The number of rotatable bonds is 0. The van der Waals surface area contributed by atoms with Crippen molar-refractivity contribution in [3.63, 3.8) is 0 Å². The van der Waals surface area contributed by atoms with Gasteiger partial charge < -0.3 is 15.7 Å². The van der Waals surface area contributed by atoms with Gasteiger partial charge in [-0.2, -0.15) is 0 Å². The number of carbonyl (C=O) groups excluding carboxylic acids is 1. The molecule has 1 amide bonds. The molecule has 1 aromatic rings. The Labute approximate surface area is 81.9 Å². The van der Waals surface area contributed by atoms with Gasteiger partial charge in [-0.15, -0.1) is 0 Å². The van der Waals surface area contributed by atoms with Gasteiger partial charge in [-0.3, -0.25) is 4.79 Å². The minimum atomic E-state index is -0.111. The molecule has 14 heavy (non-hydrogen) atoms. The lowest BCUT2D eigenvalue weighted by molar-refractivity contribution is 0.0781. The van der Waals surface area contributed by atoms with Gasteiger partial charge >= 0.3 is 0 Å². The molecule has 4 heteroatoms. The smallest absolute Gasteiger partial charge is 0.256 e. The maximum atomic E-state index is 11.7. The third kappa shape index (κ3) is 1.11. The molecule has 0 unspecified atom stereocenters. The zero-order valence-corrected chi connectivity index (χ0v) is 7.95. The number of phenols is 1. The molecule has 0 spiro atoms. The van der Waals surface area contributed by atoms with Crippen LogP contribution in [-0.4, -0.2) is 29.5 Å². The first-order valence-corrected chi connectivity index (χ1v) is 4.47. The van der Waals surface area contributed by atoms with E-state index in [1.165, 1.54) is 6.07 Å². The summed E-state index contributed by atoms with van der Waals surface area (Å²) in [5, 5.41) is 9.56. The minimum absolute atomic E-state index is 0.111. The molecule has 3 N–H and O–H groups in total. The van der Waals surface area contributed by atoms with Crippen LogP contribution in [0.4, 0.5) is 5.69 Å². The van der Waals surface area contributed by atoms with Crippen LogP contribution in [0.15, 0.2) is 12.1 Å². The standard InChI is InChI=1S/C10H12N2O2/c1-12-5-4-6-8(13)3-2-7(11)9(6)10(12)14/h2-3,13H,4-5,11H2,1H3. The highest BCUT2D eigenvalue weighted by atomic mass is 16.3. The summed E-state index contributed by atoms with van der Waals surface area (Å²) in [7, 11) is 1.73. The van der Waals surface area contributed by atoms with E-state index in [2.05, 4.69) is 0 Å². The topological polar surface area (TPSA) is 66.6 Å². The number of benzene rings is 1. The number of nitrogens with two attached hydrogens (primary N) is 1. The van der Waals surface area contributed by atoms with Crippen molar-refractivity contribution in [1.29, 1.82) is 0 Å². The van der Waals surface area contributed by atoms with Crippen molar-refractivity contribution >= 4 is 11.6 Å². The quantitative estimate of drug-likeness (QED) is 0.467. The van der Waals surface area contributed by atoms with E-state index in [0.717, 1.165) is 0 Å². The lowest BCUT2D eigenvalue weighted by atomic mass is 9.97. The van der Waals surface area contributed by atoms with Gasteiger partial charge in [0.15, 0.2) is 0 Å². The Morgan fingerprint density at radius 3 is 2.93 bits per heavy atom. The van der Waals surface area contributed by atoms with Gasteiger partial charge in [-0.05, 0) is 18.6 Å². The van der Waals surface area contributed by atoms with Gasteiger partial charge in [-0.25, -0.2) is 0 Å². The summed E-state index contributed by atoms with van der Waals surface area (Å²) in [6, 6.07) is 3.10. The van der Waals surface area contributed by atoms with Crippen molar-refractivity contribution < 1.29 is 9.90 Å². The molecule has 4 nitrogen and oxygen atoms in total. The van der Waals surface area contributed by atoms with E-state index in [9.17, 15) is 9.90 Å². The summed E-state index contributed by atoms with van der Waals surface area (Å²) in [5.74, 6) is 0.0512. The van der Waals surface area contributed by atoms with Crippen LogP contribution in [0.1, 0.15) is 15.9 Å². The summed E-state index contributed by atoms with van der Waals surface area (Å²) in [4.78, 5) is 13.3. The molecule has 1 aromatic carbocycles. The molecule has 2 rings (SSSR count). The average molecular weight is 192 g/mol. The number of aromatic hydroxyl groups is 1. The van der Waals surface area contributed by atoms with Gasteiger partial charge in [-0.1, -0.05) is 0 Å². The van der Waals surface area contributed by atoms with Gasteiger partial charge in [0, 0.05) is 24.8 Å². The third-order valence-electron chi connectivity index (χ3n) is 2.58. The van der Waals surface area contributed by atoms with E-state index >= 15 is 0 Å². The molecule has 0 aromatic heterocycles. The number of nitrogen functional groups attached to an aromatic ring is 1. The first kappa shape index (κ1) is 8.87. The number of nitrogens with zero attached hydrogens (tertiary/aromatic N) is 1. The van der Waals surface area contributed by atoms with Crippen molar-refractivity contribution in [3.8, 4) is 5.75 Å². The van der Waals surface area contributed by atoms with Crippen LogP contribution in [0.2, 0.25) is 0 Å². The van der Waals surface area contributed by atoms with E-state index in [1.807, 2.05) is 0 Å². The van der Waals surface area contributed by atoms with Crippen LogP contribution in [0, 0.1) is 0 Å². The first-order chi connectivity index (χ1) is 6.61. The Hall–Kier alpha value is -1.71. The van der Waals surface area contributed by atoms with Crippen molar-refractivity contribution in [3.05, 3.63) is 23.3 Å². The molecule has 1 aliphatic rings. The van der Waals surface area contributed by atoms with Gasteiger partial charge in [0.25, 0.3) is 5.91 Å². The van der Waals surface area contributed by atoms with E-state index in [4.69, 9.17) is 5.73 Å². The van der Waals surface area contributed by atoms with Crippen LogP contribution in [-0.2, 0) is 6.42 Å². The predicted molar refractivity (Wildman–Crippen MR) is 53.2 cm³/mol. The largest absolute Gasteiger partial charge is 0.508 e. The second kappa shape index (κ2) is 2.90. The fourth-order valence-corrected chi connectivity index (χ4v) is 1.73. The summed E-state index contributed by atoms with van der Waals surface area (Å²) < 4.78 is 0. The van der Waals surface area contributed by atoms with E-state index in [0.29, 0.717) is 29.8 Å². The number of likely N-dealkylation sites (N-methyl/N-ethyl adjacent to an activating group) is 1. The number of amides is 1. The molecule has 0 radical (unpaired) electrons. The van der Waals surface area contributed by atoms with Crippen molar-refractivity contribution in [2.45, 2.75) is 6.42 Å². The number of carbonyl (C=O) groups is 1. The van der Waals surface area contributed by atoms with E-state index in [1.54, 1.807) is 18.0 Å². The maximum absolute atomic E-state index is 11.7.